The molecule has 3 nitrogen and oxygen atoms in total. The third-order valence-electron chi connectivity index (χ3n) is 1.63. The Bertz CT molecular complexity index is 88.5. The second kappa shape index (κ2) is 10.6. The van der Waals surface area contributed by atoms with Gasteiger partial charge in [-0.3, -0.25) is 4.90 Å². The average molecular weight is 175 g/mol. The van der Waals surface area contributed by atoms with Crippen molar-refractivity contribution in [1.82, 2.24) is 4.90 Å². The van der Waals surface area contributed by atoms with E-state index in [1.807, 2.05) is 20.9 Å². The fraction of sp³-hybridized carbons (Fsp3) is 0.889. The molecule has 0 aromatic heterocycles. The molecule has 0 N–H and O–H groups in total. The van der Waals surface area contributed by atoms with Crippen LogP contribution >= 0.6 is 0 Å². The number of nitrogens with zero attached hydrogens (tertiary/aromatic N) is 1. The number of carbonyl (C=O) groups excluding carboxylic acids is 1. The first-order chi connectivity index (χ1) is 5.63. The maximum absolute atomic E-state index is 9.17. The Labute approximate surface area is 75.7 Å². The van der Waals surface area contributed by atoms with Gasteiger partial charge in [-0.2, -0.15) is 0 Å². The van der Waals surface area contributed by atoms with Gasteiger partial charge in [0, 0.05) is 13.5 Å². The minimum atomic E-state index is 0.250. The molecule has 0 spiro atoms. The van der Waals surface area contributed by atoms with Crippen molar-refractivity contribution in [1.29, 1.82) is 0 Å². The Morgan fingerprint density at radius 3 is 2.00 bits per heavy atom. The SMILES string of the molecule is CCC=O.CCN(C)C(C)OC. The Morgan fingerprint density at radius 2 is 1.92 bits per heavy atom. The van der Waals surface area contributed by atoms with Crippen LogP contribution in [-0.4, -0.2) is 38.1 Å². The minimum Gasteiger partial charge on any atom is -0.367 e. The summed E-state index contributed by atoms with van der Waals surface area (Å²) in [5.41, 5.74) is 0. The number of carbonyl (C=O) groups is 1. The van der Waals surface area contributed by atoms with Crippen LogP contribution in [0.5, 0.6) is 0 Å². The van der Waals surface area contributed by atoms with E-state index in [9.17, 15) is 4.79 Å². The summed E-state index contributed by atoms with van der Waals surface area (Å²) in [6.45, 7) is 6.99. The highest BCUT2D eigenvalue weighted by atomic mass is 16.5. The van der Waals surface area contributed by atoms with E-state index < -0.39 is 0 Å². The van der Waals surface area contributed by atoms with E-state index in [2.05, 4.69) is 11.8 Å². The number of hydrogen-bond donors (Lipinski definition) is 0. The molecule has 0 rings (SSSR count). The lowest BCUT2D eigenvalue weighted by Crippen LogP contribution is -2.29. The van der Waals surface area contributed by atoms with Crippen molar-refractivity contribution in [3.8, 4) is 0 Å². The first-order valence-electron chi connectivity index (χ1n) is 4.30. The Morgan fingerprint density at radius 1 is 1.50 bits per heavy atom. The molecule has 74 valence electrons. The van der Waals surface area contributed by atoms with Gasteiger partial charge >= 0.3 is 0 Å². The van der Waals surface area contributed by atoms with Gasteiger partial charge in [0.1, 0.15) is 12.5 Å². The Balaban J connectivity index is 0. The van der Waals surface area contributed by atoms with Gasteiger partial charge in [-0.15, -0.1) is 0 Å². The van der Waals surface area contributed by atoms with Crippen molar-refractivity contribution in [2.45, 2.75) is 33.4 Å². The molecule has 0 radical (unpaired) electrons. The maximum atomic E-state index is 9.17. The zero-order chi connectivity index (χ0) is 9.98. The van der Waals surface area contributed by atoms with E-state index in [-0.39, 0.29) is 6.23 Å². The van der Waals surface area contributed by atoms with Crippen molar-refractivity contribution >= 4 is 6.29 Å². The van der Waals surface area contributed by atoms with Crippen LogP contribution in [0.15, 0.2) is 0 Å². The van der Waals surface area contributed by atoms with Crippen molar-refractivity contribution in [2.75, 3.05) is 20.7 Å². The van der Waals surface area contributed by atoms with Gasteiger partial charge in [0.05, 0.1) is 0 Å². The van der Waals surface area contributed by atoms with Crippen LogP contribution < -0.4 is 0 Å². The van der Waals surface area contributed by atoms with Gasteiger partial charge in [0.2, 0.25) is 0 Å². The van der Waals surface area contributed by atoms with Crippen molar-refractivity contribution < 1.29 is 9.53 Å². The third kappa shape index (κ3) is 9.59. The summed E-state index contributed by atoms with van der Waals surface area (Å²) in [5, 5.41) is 0. The zero-order valence-electron chi connectivity index (χ0n) is 8.83. The summed E-state index contributed by atoms with van der Waals surface area (Å²) in [6, 6.07) is 0. The number of ether oxygens (including phenoxy) is 1. The summed E-state index contributed by atoms with van der Waals surface area (Å²) in [7, 11) is 3.75. The van der Waals surface area contributed by atoms with Gasteiger partial charge < -0.3 is 9.53 Å². The normalized spacial score (nSPS) is 11.8. The van der Waals surface area contributed by atoms with E-state index in [0.29, 0.717) is 6.42 Å². The molecule has 0 aliphatic heterocycles. The lowest BCUT2D eigenvalue weighted by molar-refractivity contribution is -0.107. The second-order valence-electron chi connectivity index (χ2n) is 2.48. The van der Waals surface area contributed by atoms with Crippen molar-refractivity contribution in [2.24, 2.45) is 0 Å². The molecule has 0 saturated heterocycles. The summed E-state index contributed by atoms with van der Waals surface area (Å²) < 4.78 is 5.03. The predicted molar refractivity (Wildman–Crippen MR) is 51.1 cm³/mol. The number of rotatable bonds is 4. The van der Waals surface area contributed by atoms with Gasteiger partial charge in [0.15, 0.2) is 0 Å². The highest BCUT2D eigenvalue weighted by Gasteiger charge is 2.01. The minimum absolute atomic E-state index is 0.250. The summed E-state index contributed by atoms with van der Waals surface area (Å²) in [6.07, 6.45) is 1.76. The lowest BCUT2D eigenvalue weighted by Gasteiger charge is -2.20. The second-order valence-corrected chi connectivity index (χ2v) is 2.48. The van der Waals surface area contributed by atoms with Gasteiger partial charge in [-0.05, 0) is 20.5 Å². The van der Waals surface area contributed by atoms with Crippen molar-refractivity contribution in [3.63, 3.8) is 0 Å². The van der Waals surface area contributed by atoms with Gasteiger partial charge in [-0.1, -0.05) is 13.8 Å². The lowest BCUT2D eigenvalue weighted by atomic mass is 10.5. The van der Waals surface area contributed by atoms with Gasteiger partial charge in [-0.25, -0.2) is 0 Å². The molecule has 1 atom stereocenters. The molecule has 0 saturated carbocycles. The van der Waals surface area contributed by atoms with Crippen LogP contribution in [-0.2, 0) is 9.53 Å². The Kier molecular flexibility index (Phi) is 12.5. The summed E-state index contributed by atoms with van der Waals surface area (Å²) in [5.74, 6) is 0. The molecule has 0 aromatic carbocycles. The molecule has 12 heavy (non-hydrogen) atoms. The van der Waals surface area contributed by atoms with E-state index in [1.54, 1.807) is 7.11 Å². The fourth-order valence-corrected chi connectivity index (χ4v) is 0.437. The van der Waals surface area contributed by atoms with Gasteiger partial charge in [0.25, 0.3) is 0 Å². The molecule has 0 aliphatic rings. The first-order valence-corrected chi connectivity index (χ1v) is 4.30. The largest absolute Gasteiger partial charge is 0.367 e. The van der Waals surface area contributed by atoms with E-state index in [0.717, 1.165) is 12.8 Å². The van der Waals surface area contributed by atoms with Crippen LogP contribution in [0.25, 0.3) is 0 Å². The monoisotopic (exact) mass is 175 g/mol. The highest BCUT2D eigenvalue weighted by Crippen LogP contribution is 1.92. The topological polar surface area (TPSA) is 29.5 Å². The van der Waals surface area contributed by atoms with Crippen LogP contribution in [0.3, 0.4) is 0 Å². The number of hydrogen-bond acceptors (Lipinski definition) is 3. The molecule has 1 unspecified atom stereocenters. The average Bonchev–Trinajstić information content (AvgIpc) is 2.15. The quantitative estimate of drug-likeness (QED) is 0.479. The maximum Gasteiger partial charge on any atom is 0.119 e. The highest BCUT2D eigenvalue weighted by molar-refractivity contribution is 5.48. The third-order valence-corrected chi connectivity index (χ3v) is 1.63. The standard InChI is InChI=1S/C6H15NO.C3H6O/c1-5-7(3)6(2)8-4;1-2-3-4/h6H,5H2,1-4H3;3H,2H2,1H3. The molecule has 0 aromatic rings. The molecule has 3 heteroatoms. The number of methoxy groups -OCH3 is 1. The molecular formula is C9H21NO2. The molecule has 0 fully saturated rings. The predicted octanol–water partition coefficient (Wildman–Crippen LogP) is 1.53. The molecule has 0 amide bonds. The van der Waals surface area contributed by atoms with Crippen molar-refractivity contribution in [3.05, 3.63) is 0 Å². The smallest absolute Gasteiger partial charge is 0.119 e. The number of aldehydes is 1. The van der Waals surface area contributed by atoms with E-state index >= 15 is 0 Å². The van der Waals surface area contributed by atoms with Crippen LogP contribution in [0.2, 0.25) is 0 Å². The Hall–Kier alpha value is -0.410. The first kappa shape index (κ1) is 14.1. The zero-order valence-corrected chi connectivity index (χ0v) is 8.83. The molecular weight excluding hydrogens is 154 g/mol. The molecule has 0 heterocycles. The van der Waals surface area contributed by atoms with E-state index in [4.69, 9.17) is 4.74 Å². The van der Waals surface area contributed by atoms with Crippen LogP contribution in [0, 0.1) is 0 Å². The summed E-state index contributed by atoms with van der Waals surface area (Å²) in [4.78, 5) is 11.3. The molecule has 0 aliphatic carbocycles. The van der Waals surface area contributed by atoms with Crippen LogP contribution in [0.1, 0.15) is 27.2 Å². The van der Waals surface area contributed by atoms with E-state index in [1.165, 1.54) is 0 Å². The van der Waals surface area contributed by atoms with Crippen LogP contribution in [0.4, 0.5) is 0 Å². The summed E-state index contributed by atoms with van der Waals surface area (Å²) >= 11 is 0. The fourth-order valence-electron chi connectivity index (χ4n) is 0.437. The molecule has 0 bridgehead atoms.